The number of hydrogen-bond donors (Lipinski definition) is 1. The highest BCUT2D eigenvalue weighted by Crippen LogP contribution is 2.25. The number of carbonyl (C=O) groups is 1. The second kappa shape index (κ2) is 8.15. The van der Waals surface area contributed by atoms with Gasteiger partial charge in [-0.1, -0.05) is 29.2 Å². The van der Waals surface area contributed by atoms with Crippen LogP contribution in [0, 0.1) is 6.92 Å². The zero-order chi connectivity index (χ0) is 18.5. The van der Waals surface area contributed by atoms with Crippen LogP contribution in [0.15, 0.2) is 50.5 Å². The Bertz CT molecular complexity index is 1010. The van der Waals surface area contributed by atoms with Crippen LogP contribution in [0.3, 0.4) is 0 Å². The van der Waals surface area contributed by atoms with E-state index in [9.17, 15) is 9.59 Å². The van der Waals surface area contributed by atoms with Gasteiger partial charge in [-0.05, 0) is 24.6 Å². The van der Waals surface area contributed by atoms with E-state index in [1.54, 1.807) is 24.3 Å². The monoisotopic (exact) mass is 389 g/mol. The molecule has 9 heteroatoms. The Balaban J connectivity index is 1.60. The predicted molar refractivity (Wildman–Crippen MR) is 102 cm³/mol. The molecule has 0 bridgehead atoms. The molecule has 0 aliphatic heterocycles. The van der Waals surface area contributed by atoms with Crippen molar-refractivity contribution >= 4 is 45.1 Å². The van der Waals surface area contributed by atoms with E-state index >= 15 is 0 Å². The van der Waals surface area contributed by atoms with Crippen LogP contribution in [0.4, 0.5) is 5.13 Å². The lowest BCUT2D eigenvalue weighted by Gasteiger charge is -2.07. The first-order valence-electron chi connectivity index (χ1n) is 7.59. The second-order valence-electron chi connectivity index (χ2n) is 5.22. The lowest BCUT2D eigenvalue weighted by Crippen LogP contribution is -2.20. The molecule has 0 spiro atoms. The van der Waals surface area contributed by atoms with Gasteiger partial charge in [-0.3, -0.25) is 10.1 Å². The number of rotatable bonds is 7. The van der Waals surface area contributed by atoms with Gasteiger partial charge in [0.25, 0.3) is 5.91 Å². The molecule has 2 heterocycles. The van der Waals surface area contributed by atoms with Gasteiger partial charge in [0.15, 0.2) is 10.9 Å². The number of anilines is 1. The number of aromatic nitrogens is 2. The number of hydrogen-bond acceptors (Lipinski definition) is 8. The van der Waals surface area contributed by atoms with E-state index in [0.717, 1.165) is 21.0 Å². The molecule has 3 aromatic rings. The van der Waals surface area contributed by atoms with Crippen LogP contribution in [-0.4, -0.2) is 28.5 Å². The van der Waals surface area contributed by atoms with Crippen molar-refractivity contribution in [3.63, 3.8) is 0 Å². The van der Waals surface area contributed by atoms with Gasteiger partial charge < -0.3 is 9.15 Å². The van der Waals surface area contributed by atoms with Gasteiger partial charge in [0.05, 0.1) is 0 Å². The minimum absolute atomic E-state index is 0.198. The third-order valence-corrected chi connectivity index (χ3v) is 5.24. The molecule has 0 saturated heterocycles. The first kappa shape index (κ1) is 18.2. The average molecular weight is 389 g/mol. The molecule has 0 aliphatic carbocycles. The highest BCUT2D eigenvalue weighted by atomic mass is 32.2. The maximum absolute atomic E-state index is 12.0. The molecule has 2 aromatic heterocycles. The maximum Gasteiger partial charge on any atom is 0.336 e. The lowest BCUT2D eigenvalue weighted by molar-refractivity contribution is -0.118. The maximum atomic E-state index is 12.0. The van der Waals surface area contributed by atoms with E-state index in [2.05, 4.69) is 22.1 Å². The van der Waals surface area contributed by atoms with Gasteiger partial charge in [-0.25, -0.2) is 4.79 Å². The summed E-state index contributed by atoms with van der Waals surface area (Å²) in [5.41, 5.74) is 0.814. The van der Waals surface area contributed by atoms with Crippen LogP contribution in [-0.2, 0) is 4.79 Å². The fraction of sp³-hybridized carbons (Fsp3) is 0.176. The smallest absolute Gasteiger partial charge is 0.336 e. The molecule has 0 radical (unpaired) electrons. The minimum atomic E-state index is -0.425. The summed E-state index contributed by atoms with van der Waals surface area (Å²) < 4.78 is 11.4. The number of carbonyl (C=O) groups excluding carboxylic acids is 1. The normalized spacial score (nSPS) is 10.7. The molecule has 0 aliphatic rings. The van der Waals surface area contributed by atoms with Crippen LogP contribution in [0.25, 0.3) is 11.0 Å². The lowest BCUT2D eigenvalue weighted by atomic mass is 10.1. The molecular formula is C17H15N3O4S2. The van der Waals surface area contributed by atoms with Crippen molar-refractivity contribution in [2.24, 2.45) is 0 Å². The van der Waals surface area contributed by atoms with Crippen LogP contribution >= 0.6 is 23.1 Å². The quantitative estimate of drug-likeness (QED) is 0.287. The third kappa shape index (κ3) is 4.50. The van der Waals surface area contributed by atoms with E-state index in [1.165, 1.54) is 29.2 Å². The molecular weight excluding hydrogens is 374 g/mol. The van der Waals surface area contributed by atoms with Crippen molar-refractivity contribution in [2.75, 3.05) is 17.7 Å². The SMILES string of the molecule is C=CCSc1nnc(NC(=O)COc2ccc3c(C)cc(=O)oc3c2)s1. The van der Waals surface area contributed by atoms with E-state index in [1.807, 2.05) is 6.92 Å². The van der Waals surface area contributed by atoms with Crippen LogP contribution in [0.5, 0.6) is 5.75 Å². The molecule has 1 amide bonds. The summed E-state index contributed by atoms with van der Waals surface area (Å²) in [6, 6.07) is 6.53. The van der Waals surface area contributed by atoms with Gasteiger partial charge in [0.1, 0.15) is 11.3 Å². The largest absolute Gasteiger partial charge is 0.484 e. The number of nitrogens with zero attached hydrogens (tertiary/aromatic N) is 2. The molecule has 26 heavy (non-hydrogen) atoms. The first-order chi connectivity index (χ1) is 12.5. The number of aryl methyl sites for hydroxylation is 1. The Morgan fingerprint density at radius 1 is 1.42 bits per heavy atom. The van der Waals surface area contributed by atoms with E-state index in [4.69, 9.17) is 9.15 Å². The molecule has 7 nitrogen and oxygen atoms in total. The van der Waals surface area contributed by atoms with E-state index in [-0.39, 0.29) is 12.5 Å². The predicted octanol–water partition coefficient (Wildman–Crippen LogP) is 3.25. The van der Waals surface area contributed by atoms with Crippen molar-refractivity contribution < 1.29 is 13.9 Å². The van der Waals surface area contributed by atoms with Crippen molar-refractivity contribution in [1.82, 2.24) is 10.2 Å². The molecule has 3 rings (SSSR count). The summed E-state index contributed by atoms with van der Waals surface area (Å²) in [4.78, 5) is 23.4. The molecule has 0 fully saturated rings. The van der Waals surface area contributed by atoms with Gasteiger partial charge in [-0.2, -0.15) is 0 Å². The number of thioether (sulfide) groups is 1. The first-order valence-corrected chi connectivity index (χ1v) is 9.40. The summed E-state index contributed by atoms with van der Waals surface area (Å²) >= 11 is 2.77. The van der Waals surface area contributed by atoms with E-state index in [0.29, 0.717) is 16.5 Å². The van der Waals surface area contributed by atoms with Crippen molar-refractivity contribution in [3.8, 4) is 5.75 Å². The molecule has 134 valence electrons. The number of ether oxygens (including phenoxy) is 1. The minimum Gasteiger partial charge on any atom is -0.484 e. The molecule has 0 saturated carbocycles. The number of fused-ring (bicyclic) bond motifs is 1. The topological polar surface area (TPSA) is 94.3 Å². The highest BCUT2D eigenvalue weighted by molar-refractivity contribution is 8.01. The third-order valence-electron chi connectivity index (χ3n) is 3.27. The van der Waals surface area contributed by atoms with Gasteiger partial charge in [-0.15, -0.1) is 16.8 Å². The molecule has 1 aromatic carbocycles. The molecule has 1 N–H and O–H groups in total. The van der Waals surface area contributed by atoms with Gasteiger partial charge in [0, 0.05) is 23.3 Å². The highest BCUT2D eigenvalue weighted by Gasteiger charge is 2.10. The summed E-state index contributed by atoms with van der Waals surface area (Å²) in [5.74, 6) is 0.802. The second-order valence-corrected chi connectivity index (χ2v) is 7.46. The van der Waals surface area contributed by atoms with Gasteiger partial charge >= 0.3 is 5.63 Å². The number of nitrogens with one attached hydrogen (secondary N) is 1. The van der Waals surface area contributed by atoms with Crippen LogP contribution in [0.1, 0.15) is 5.56 Å². The molecule has 0 atom stereocenters. The van der Waals surface area contributed by atoms with Crippen LogP contribution < -0.4 is 15.7 Å². The van der Waals surface area contributed by atoms with Gasteiger partial charge in [0.2, 0.25) is 5.13 Å². The van der Waals surface area contributed by atoms with Crippen molar-refractivity contribution in [2.45, 2.75) is 11.3 Å². The number of amides is 1. The average Bonchev–Trinajstić information content (AvgIpc) is 3.05. The number of benzene rings is 1. The Kier molecular flexibility index (Phi) is 5.69. The Morgan fingerprint density at radius 3 is 3.08 bits per heavy atom. The zero-order valence-electron chi connectivity index (χ0n) is 13.9. The van der Waals surface area contributed by atoms with Crippen molar-refractivity contribution in [1.29, 1.82) is 0 Å². The Morgan fingerprint density at radius 2 is 2.27 bits per heavy atom. The summed E-state index contributed by atoms with van der Waals surface area (Å²) in [6.45, 7) is 5.27. The zero-order valence-corrected chi connectivity index (χ0v) is 15.5. The van der Waals surface area contributed by atoms with Crippen molar-refractivity contribution in [3.05, 3.63) is 52.9 Å². The molecule has 0 unspecified atom stereocenters. The van der Waals surface area contributed by atoms with Crippen LogP contribution in [0.2, 0.25) is 0 Å². The summed E-state index contributed by atoms with van der Waals surface area (Å²) in [6.07, 6.45) is 1.77. The summed E-state index contributed by atoms with van der Waals surface area (Å²) in [7, 11) is 0. The Labute approximate surface area is 157 Å². The Hall–Kier alpha value is -2.65. The fourth-order valence-electron chi connectivity index (χ4n) is 2.15. The fourth-order valence-corrected chi connectivity index (χ4v) is 3.68. The summed E-state index contributed by atoms with van der Waals surface area (Å²) in [5, 5.41) is 11.7. The van der Waals surface area contributed by atoms with E-state index < -0.39 is 5.63 Å². The standard InChI is InChI=1S/C17H15N3O4S2/c1-3-6-25-17-20-19-16(26-17)18-14(21)9-23-11-4-5-12-10(2)7-15(22)24-13(12)8-11/h3-5,7-8H,1,6,9H2,2H3,(H,18,19,21).